The minimum atomic E-state index is -3.53. The Morgan fingerprint density at radius 1 is 1.36 bits per heavy atom. The highest BCUT2D eigenvalue weighted by Gasteiger charge is 2.33. The van der Waals surface area contributed by atoms with Crippen molar-refractivity contribution in [3.8, 4) is 5.75 Å². The molecule has 1 amide bonds. The number of nitrogens with one attached hydrogen (secondary N) is 1. The number of sulfonamides is 1. The van der Waals surface area contributed by atoms with Crippen molar-refractivity contribution in [2.45, 2.75) is 24.0 Å². The van der Waals surface area contributed by atoms with Gasteiger partial charge in [-0.05, 0) is 50.1 Å². The molecular formula is C19H23BrN2O4S2. The normalized spacial score (nSPS) is 18.0. The molecule has 0 radical (unpaired) electrons. The van der Waals surface area contributed by atoms with E-state index in [-0.39, 0.29) is 18.4 Å². The third-order valence-corrected chi connectivity index (χ3v) is 8.36. The number of carbonyl (C=O) groups excluding carboxylic acids is 1. The lowest BCUT2D eigenvalue weighted by molar-refractivity contribution is -0.126. The molecule has 3 rings (SSSR count). The van der Waals surface area contributed by atoms with E-state index in [4.69, 9.17) is 4.74 Å². The van der Waals surface area contributed by atoms with Crippen molar-refractivity contribution in [1.29, 1.82) is 0 Å². The van der Waals surface area contributed by atoms with Crippen LogP contribution in [0.15, 0.2) is 45.1 Å². The molecule has 1 aromatic carbocycles. The third-order valence-electron chi connectivity index (χ3n) is 4.53. The van der Waals surface area contributed by atoms with E-state index >= 15 is 0 Å². The SMILES string of the molecule is Cc1ccc(S(=O)(=O)N2CCC[C@@H](C(=O)NCCOc3cccc(Br)c3)C2)s1. The molecule has 152 valence electrons. The van der Waals surface area contributed by atoms with E-state index in [9.17, 15) is 13.2 Å². The molecule has 28 heavy (non-hydrogen) atoms. The Balaban J connectivity index is 1.50. The number of halogens is 1. The summed E-state index contributed by atoms with van der Waals surface area (Å²) < 4.78 is 33.9. The number of amides is 1. The van der Waals surface area contributed by atoms with E-state index in [0.29, 0.717) is 36.7 Å². The molecule has 0 aliphatic carbocycles. The zero-order valence-electron chi connectivity index (χ0n) is 15.6. The van der Waals surface area contributed by atoms with Crippen LogP contribution in [0.5, 0.6) is 5.75 Å². The fourth-order valence-corrected chi connectivity index (χ4v) is 6.44. The van der Waals surface area contributed by atoms with Crippen molar-refractivity contribution in [3.05, 3.63) is 45.7 Å². The molecule has 0 spiro atoms. The summed E-state index contributed by atoms with van der Waals surface area (Å²) in [7, 11) is -3.53. The number of piperidine rings is 1. The largest absolute Gasteiger partial charge is 0.492 e. The summed E-state index contributed by atoms with van der Waals surface area (Å²) in [6.07, 6.45) is 1.37. The summed E-state index contributed by atoms with van der Waals surface area (Å²) in [4.78, 5) is 13.4. The molecule has 6 nitrogen and oxygen atoms in total. The average molecular weight is 487 g/mol. The van der Waals surface area contributed by atoms with E-state index in [1.807, 2.05) is 31.2 Å². The summed E-state index contributed by atoms with van der Waals surface area (Å²) in [5.41, 5.74) is 0. The second-order valence-electron chi connectivity index (χ2n) is 6.66. The van der Waals surface area contributed by atoms with Crippen molar-refractivity contribution < 1.29 is 17.9 Å². The number of ether oxygens (including phenoxy) is 1. The number of thiophene rings is 1. The Bertz CT molecular complexity index is 930. The first-order chi connectivity index (χ1) is 13.4. The molecule has 1 aliphatic heterocycles. The number of carbonyl (C=O) groups is 1. The van der Waals surface area contributed by atoms with E-state index < -0.39 is 10.0 Å². The van der Waals surface area contributed by atoms with Gasteiger partial charge >= 0.3 is 0 Å². The minimum absolute atomic E-state index is 0.125. The Morgan fingerprint density at radius 3 is 2.89 bits per heavy atom. The minimum Gasteiger partial charge on any atom is -0.492 e. The number of benzene rings is 1. The Morgan fingerprint density at radius 2 is 2.18 bits per heavy atom. The number of nitrogens with zero attached hydrogens (tertiary/aromatic N) is 1. The molecule has 2 aromatic rings. The highest BCUT2D eigenvalue weighted by atomic mass is 79.9. The van der Waals surface area contributed by atoms with Crippen LogP contribution in [0.3, 0.4) is 0 Å². The third kappa shape index (κ3) is 5.34. The van der Waals surface area contributed by atoms with Crippen LogP contribution < -0.4 is 10.1 Å². The Hall–Kier alpha value is -1.42. The van der Waals surface area contributed by atoms with Crippen LogP contribution in [-0.4, -0.2) is 44.9 Å². The fourth-order valence-electron chi connectivity index (χ4n) is 3.10. The highest BCUT2D eigenvalue weighted by molar-refractivity contribution is 9.10. The zero-order chi connectivity index (χ0) is 20.1. The molecule has 1 aromatic heterocycles. The smallest absolute Gasteiger partial charge is 0.252 e. The van der Waals surface area contributed by atoms with Crippen LogP contribution in [0.4, 0.5) is 0 Å². The van der Waals surface area contributed by atoms with E-state index in [1.165, 1.54) is 15.6 Å². The lowest BCUT2D eigenvalue weighted by Crippen LogP contribution is -2.45. The topological polar surface area (TPSA) is 75.7 Å². The van der Waals surface area contributed by atoms with Gasteiger partial charge in [0.05, 0.1) is 12.5 Å². The molecule has 1 N–H and O–H groups in total. The summed E-state index contributed by atoms with van der Waals surface area (Å²) in [5, 5.41) is 2.86. The molecule has 2 heterocycles. The quantitative estimate of drug-likeness (QED) is 0.608. The highest BCUT2D eigenvalue weighted by Crippen LogP contribution is 2.28. The van der Waals surface area contributed by atoms with Crippen LogP contribution >= 0.6 is 27.3 Å². The van der Waals surface area contributed by atoms with Crippen molar-refractivity contribution in [2.75, 3.05) is 26.2 Å². The van der Waals surface area contributed by atoms with E-state index in [0.717, 1.165) is 15.1 Å². The lowest BCUT2D eigenvalue weighted by Gasteiger charge is -2.30. The summed E-state index contributed by atoms with van der Waals surface area (Å²) >= 11 is 4.65. The molecule has 0 bridgehead atoms. The second-order valence-corrected chi connectivity index (χ2v) is 11.0. The first-order valence-electron chi connectivity index (χ1n) is 9.09. The summed E-state index contributed by atoms with van der Waals surface area (Å²) in [6.45, 7) is 3.28. The average Bonchev–Trinajstić information content (AvgIpc) is 3.12. The maximum Gasteiger partial charge on any atom is 0.252 e. The standard InChI is InChI=1S/C19H23BrN2O4S2/c1-14-7-8-18(27-14)28(24,25)22-10-3-4-15(13-22)19(23)21-9-11-26-17-6-2-5-16(20)12-17/h2,5-8,12,15H,3-4,9-11,13H2,1H3,(H,21,23)/t15-/m1/s1. The predicted molar refractivity (Wildman–Crippen MR) is 113 cm³/mol. The van der Waals surface area contributed by atoms with Crippen LogP contribution in [0, 0.1) is 12.8 Å². The van der Waals surface area contributed by atoms with E-state index in [1.54, 1.807) is 12.1 Å². The molecule has 1 saturated heterocycles. The number of aryl methyl sites for hydroxylation is 1. The molecule has 0 saturated carbocycles. The molecular weight excluding hydrogens is 464 g/mol. The van der Waals surface area contributed by atoms with Crippen molar-refractivity contribution in [3.63, 3.8) is 0 Å². The van der Waals surface area contributed by atoms with Crippen molar-refractivity contribution in [1.82, 2.24) is 9.62 Å². The number of rotatable bonds is 7. The van der Waals surface area contributed by atoms with Gasteiger partial charge in [-0.2, -0.15) is 4.31 Å². The Kier molecular flexibility index (Phi) is 7.14. The van der Waals surface area contributed by atoms with Gasteiger partial charge in [-0.3, -0.25) is 4.79 Å². The zero-order valence-corrected chi connectivity index (χ0v) is 18.8. The van der Waals surface area contributed by atoms with Crippen LogP contribution in [-0.2, 0) is 14.8 Å². The molecule has 9 heteroatoms. The van der Waals surface area contributed by atoms with E-state index in [2.05, 4.69) is 21.2 Å². The molecule has 0 unspecified atom stereocenters. The van der Waals surface area contributed by atoms with Gasteiger partial charge < -0.3 is 10.1 Å². The van der Waals surface area contributed by atoms with Gasteiger partial charge in [0.25, 0.3) is 10.0 Å². The van der Waals surface area contributed by atoms with Crippen LogP contribution in [0.25, 0.3) is 0 Å². The number of hydrogen-bond donors (Lipinski definition) is 1. The van der Waals surface area contributed by atoms with Crippen molar-refractivity contribution in [2.24, 2.45) is 5.92 Å². The van der Waals surface area contributed by atoms with Gasteiger partial charge in [0, 0.05) is 22.4 Å². The maximum absolute atomic E-state index is 12.8. The number of hydrogen-bond acceptors (Lipinski definition) is 5. The van der Waals surface area contributed by atoms with Crippen LogP contribution in [0.1, 0.15) is 17.7 Å². The van der Waals surface area contributed by atoms with Gasteiger partial charge in [0.15, 0.2) is 0 Å². The molecule has 1 fully saturated rings. The summed E-state index contributed by atoms with van der Waals surface area (Å²) in [6, 6.07) is 10.9. The lowest BCUT2D eigenvalue weighted by atomic mass is 9.99. The Labute approximate surface area is 178 Å². The fraction of sp³-hybridized carbons (Fsp3) is 0.421. The van der Waals surface area contributed by atoms with Gasteiger partial charge in [-0.25, -0.2) is 8.42 Å². The first-order valence-corrected chi connectivity index (χ1v) is 12.1. The monoisotopic (exact) mass is 486 g/mol. The molecule has 1 atom stereocenters. The molecule has 1 aliphatic rings. The van der Waals surface area contributed by atoms with Gasteiger partial charge in [0.1, 0.15) is 16.6 Å². The predicted octanol–water partition coefficient (Wildman–Crippen LogP) is 3.41. The second kappa shape index (κ2) is 9.39. The van der Waals surface area contributed by atoms with Gasteiger partial charge in [0.2, 0.25) is 5.91 Å². The maximum atomic E-state index is 12.8. The van der Waals surface area contributed by atoms with Gasteiger partial charge in [-0.1, -0.05) is 22.0 Å². The summed E-state index contributed by atoms with van der Waals surface area (Å²) in [5.74, 6) is 0.264. The van der Waals surface area contributed by atoms with Crippen molar-refractivity contribution >= 4 is 43.2 Å². The first kappa shape index (κ1) is 21.3. The van der Waals surface area contributed by atoms with Crippen LogP contribution in [0.2, 0.25) is 0 Å². The van der Waals surface area contributed by atoms with Gasteiger partial charge in [-0.15, -0.1) is 11.3 Å².